The van der Waals surface area contributed by atoms with Gasteiger partial charge in [0, 0.05) is 12.6 Å². The minimum Gasteiger partial charge on any atom is -0.393 e. The van der Waals surface area contributed by atoms with Gasteiger partial charge < -0.3 is 10.4 Å². The van der Waals surface area contributed by atoms with Crippen molar-refractivity contribution in [1.82, 2.24) is 10.2 Å². The average molecular weight is 214 g/mol. The van der Waals surface area contributed by atoms with E-state index in [1.807, 2.05) is 0 Å². The van der Waals surface area contributed by atoms with E-state index in [-0.39, 0.29) is 12.0 Å². The highest BCUT2D eigenvalue weighted by Gasteiger charge is 2.28. The largest absolute Gasteiger partial charge is 0.393 e. The summed E-state index contributed by atoms with van der Waals surface area (Å²) in [7, 11) is 0. The monoisotopic (exact) mass is 214 g/mol. The molecule has 1 atom stereocenters. The lowest BCUT2D eigenvalue weighted by Gasteiger charge is -2.19. The number of rotatable bonds is 7. The Morgan fingerprint density at radius 1 is 1.60 bits per heavy atom. The van der Waals surface area contributed by atoms with Gasteiger partial charge in [0.05, 0.1) is 12.6 Å². The number of hydrogen-bond donors (Lipinski definition) is 2. The van der Waals surface area contributed by atoms with Gasteiger partial charge in [-0.25, -0.2) is 0 Å². The fourth-order valence-electron chi connectivity index (χ4n) is 1.60. The van der Waals surface area contributed by atoms with E-state index in [4.69, 9.17) is 5.11 Å². The Labute approximate surface area is 91.6 Å². The molecule has 2 N–H and O–H groups in total. The van der Waals surface area contributed by atoms with E-state index >= 15 is 0 Å². The van der Waals surface area contributed by atoms with Crippen LogP contribution in [0.4, 0.5) is 0 Å². The molecule has 0 bridgehead atoms. The molecule has 1 saturated carbocycles. The molecule has 1 aliphatic carbocycles. The molecular formula is C11H22N2O2. The number of aliphatic hydroxyl groups excluding tert-OH is 1. The third kappa shape index (κ3) is 5.14. The third-order valence-corrected chi connectivity index (χ3v) is 2.70. The van der Waals surface area contributed by atoms with Gasteiger partial charge in [0.1, 0.15) is 0 Å². The van der Waals surface area contributed by atoms with Crippen LogP contribution in [-0.4, -0.2) is 47.7 Å². The number of amides is 1. The molecule has 4 nitrogen and oxygen atoms in total. The molecule has 1 unspecified atom stereocenters. The number of likely N-dealkylation sites (N-methyl/N-ethyl adjacent to an activating group) is 1. The third-order valence-electron chi connectivity index (χ3n) is 2.70. The standard InChI is InChI=1S/C11H22N2O2/c1-3-13(10-4-5-10)8-11(15)12-7-6-9(2)14/h9-10,14H,3-8H2,1-2H3,(H,12,15). The highest BCUT2D eigenvalue weighted by Crippen LogP contribution is 2.25. The zero-order valence-electron chi connectivity index (χ0n) is 9.70. The van der Waals surface area contributed by atoms with Crippen LogP contribution in [0.25, 0.3) is 0 Å². The van der Waals surface area contributed by atoms with Gasteiger partial charge in [0.15, 0.2) is 0 Å². The summed E-state index contributed by atoms with van der Waals surface area (Å²) in [5, 5.41) is 11.9. The summed E-state index contributed by atoms with van der Waals surface area (Å²) in [4.78, 5) is 13.7. The maximum atomic E-state index is 11.5. The van der Waals surface area contributed by atoms with Crippen LogP contribution >= 0.6 is 0 Å². The van der Waals surface area contributed by atoms with Crippen molar-refractivity contribution in [3.63, 3.8) is 0 Å². The SMILES string of the molecule is CCN(CC(=O)NCCC(C)O)C1CC1. The van der Waals surface area contributed by atoms with Gasteiger partial charge in [-0.15, -0.1) is 0 Å². The molecule has 4 heteroatoms. The molecule has 1 aliphatic rings. The van der Waals surface area contributed by atoms with Gasteiger partial charge in [-0.05, 0) is 32.7 Å². The molecule has 1 rings (SSSR count). The second kappa shape index (κ2) is 6.08. The van der Waals surface area contributed by atoms with Crippen LogP contribution < -0.4 is 5.32 Å². The summed E-state index contributed by atoms with van der Waals surface area (Å²) in [5.41, 5.74) is 0. The van der Waals surface area contributed by atoms with Crippen molar-refractivity contribution in [2.24, 2.45) is 0 Å². The van der Waals surface area contributed by atoms with E-state index in [1.165, 1.54) is 12.8 Å². The molecule has 0 saturated heterocycles. The lowest BCUT2D eigenvalue weighted by molar-refractivity contribution is -0.122. The second-order valence-electron chi connectivity index (χ2n) is 4.28. The Kier molecular flexibility index (Phi) is 5.05. The maximum Gasteiger partial charge on any atom is 0.234 e. The van der Waals surface area contributed by atoms with Crippen LogP contribution in [0.3, 0.4) is 0 Å². The van der Waals surface area contributed by atoms with Gasteiger partial charge in [0.25, 0.3) is 0 Å². The molecule has 0 spiro atoms. The van der Waals surface area contributed by atoms with Crippen LogP contribution in [0.2, 0.25) is 0 Å². The highest BCUT2D eigenvalue weighted by molar-refractivity contribution is 5.78. The van der Waals surface area contributed by atoms with Crippen molar-refractivity contribution in [2.45, 2.75) is 45.3 Å². The minimum absolute atomic E-state index is 0.0735. The summed E-state index contributed by atoms with van der Waals surface area (Å²) in [5.74, 6) is 0.0735. The summed E-state index contributed by atoms with van der Waals surface area (Å²) < 4.78 is 0. The van der Waals surface area contributed by atoms with Crippen molar-refractivity contribution >= 4 is 5.91 Å². The average Bonchev–Trinajstić information content (AvgIpc) is 2.96. The van der Waals surface area contributed by atoms with E-state index in [0.29, 0.717) is 25.6 Å². The lowest BCUT2D eigenvalue weighted by Crippen LogP contribution is -2.39. The van der Waals surface area contributed by atoms with E-state index in [9.17, 15) is 4.79 Å². The van der Waals surface area contributed by atoms with Crippen LogP contribution in [-0.2, 0) is 4.79 Å². The summed E-state index contributed by atoms with van der Waals surface area (Å²) >= 11 is 0. The molecule has 0 aromatic carbocycles. The van der Waals surface area contributed by atoms with Gasteiger partial charge in [-0.2, -0.15) is 0 Å². The Morgan fingerprint density at radius 3 is 2.73 bits per heavy atom. The second-order valence-corrected chi connectivity index (χ2v) is 4.28. The molecule has 0 aromatic rings. The molecule has 0 radical (unpaired) electrons. The van der Waals surface area contributed by atoms with Gasteiger partial charge >= 0.3 is 0 Å². The molecule has 1 amide bonds. The Hall–Kier alpha value is -0.610. The van der Waals surface area contributed by atoms with Gasteiger partial charge in [0.2, 0.25) is 5.91 Å². The number of hydrogen-bond acceptors (Lipinski definition) is 3. The first-order valence-corrected chi connectivity index (χ1v) is 5.82. The van der Waals surface area contributed by atoms with E-state index in [0.717, 1.165) is 6.54 Å². The van der Waals surface area contributed by atoms with Crippen LogP contribution in [0.5, 0.6) is 0 Å². The molecule has 0 heterocycles. The van der Waals surface area contributed by atoms with Crippen molar-refractivity contribution in [3.8, 4) is 0 Å². The van der Waals surface area contributed by atoms with Gasteiger partial charge in [-0.1, -0.05) is 6.92 Å². The van der Waals surface area contributed by atoms with E-state index in [2.05, 4.69) is 17.1 Å². The lowest BCUT2D eigenvalue weighted by atomic mass is 10.3. The zero-order valence-corrected chi connectivity index (χ0v) is 9.70. The van der Waals surface area contributed by atoms with Crippen molar-refractivity contribution in [3.05, 3.63) is 0 Å². The Bertz CT molecular complexity index is 203. The van der Waals surface area contributed by atoms with Crippen LogP contribution in [0, 0.1) is 0 Å². The number of aliphatic hydroxyl groups is 1. The maximum absolute atomic E-state index is 11.5. The zero-order chi connectivity index (χ0) is 11.3. The smallest absolute Gasteiger partial charge is 0.234 e. The van der Waals surface area contributed by atoms with Crippen molar-refractivity contribution in [1.29, 1.82) is 0 Å². The number of nitrogens with zero attached hydrogens (tertiary/aromatic N) is 1. The van der Waals surface area contributed by atoms with Crippen LogP contribution in [0.15, 0.2) is 0 Å². The first kappa shape index (κ1) is 12.5. The van der Waals surface area contributed by atoms with Gasteiger partial charge in [-0.3, -0.25) is 9.69 Å². The number of nitrogens with one attached hydrogen (secondary N) is 1. The molecule has 0 aromatic heterocycles. The minimum atomic E-state index is -0.337. The summed E-state index contributed by atoms with van der Waals surface area (Å²) in [6.07, 6.45) is 2.75. The fourth-order valence-corrected chi connectivity index (χ4v) is 1.60. The summed E-state index contributed by atoms with van der Waals surface area (Å²) in [6, 6.07) is 0.637. The fraction of sp³-hybridized carbons (Fsp3) is 0.909. The highest BCUT2D eigenvalue weighted by atomic mass is 16.3. The Balaban J connectivity index is 2.11. The number of carbonyl (C=O) groups is 1. The quantitative estimate of drug-likeness (QED) is 0.643. The first-order valence-electron chi connectivity index (χ1n) is 5.82. The van der Waals surface area contributed by atoms with E-state index < -0.39 is 0 Å². The first-order chi connectivity index (χ1) is 7.13. The van der Waals surface area contributed by atoms with E-state index in [1.54, 1.807) is 6.92 Å². The normalized spacial score (nSPS) is 17.9. The molecule has 1 fully saturated rings. The molecule has 0 aliphatic heterocycles. The molecular weight excluding hydrogens is 192 g/mol. The molecule has 15 heavy (non-hydrogen) atoms. The summed E-state index contributed by atoms with van der Waals surface area (Å²) in [6.45, 7) is 5.82. The molecule has 88 valence electrons. The topological polar surface area (TPSA) is 52.6 Å². The van der Waals surface area contributed by atoms with Crippen molar-refractivity contribution in [2.75, 3.05) is 19.6 Å². The predicted molar refractivity (Wildman–Crippen MR) is 59.6 cm³/mol. The van der Waals surface area contributed by atoms with Crippen molar-refractivity contribution < 1.29 is 9.90 Å². The van der Waals surface area contributed by atoms with Crippen LogP contribution in [0.1, 0.15) is 33.1 Å². The Morgan fingerprint density at radius 2 is 2.27 bits per heavy atom. The predicted octanol–water partition coefficient (Wildman–Crippen LogP) is 0.358. The number of carbonyl (C=O) groups excluding carboxylic acids is 1.